The number of rotatable bonds is 3. The minimum Gasteiger partial charge on any atom is -0.276 e. The molecule has 1 unspecified atom stereocenters. The van der Waals surface area contributed by atoms with Crippen LogP contribution >= 0.6 is 0 Å². The van der Waals surface area contributed by atoms with Crippen molar-refractivity contribution in [3.63, 3.8) is 0 Å². The lowest BCUT2D eigenvalue weighted by molar-refractivity contribution is 0.316. The Hall–Kier alpha value is -2.18. The van der Waals surface area contributed by atoms with Crippen molar-refractivity contribution in [1.29, 1.82) is 0 Å². The Morgan fingerprint density at radius 1 is 1.12 bits per heavy atom. The van der Waals surface area contributed by atoms with E-state index in [0.717, 1.165) is 29.2 Å². The third-order valence-corrected chi connectivity index (χ3v) is 6.87. The number of hydrogen-bond donors (Lipinski definition) is 0. The highest BCUT2D eigenvalue weighted by atomic mass is 32.2. The quantitative estimate of drug-likeness (QED) is 0.725. The van der Waals surface area contributed by atoms with Crippen molar-refractivity contribution in [3.05, 3.63) is 60.4 Å². The van der Waals surface area contributed by atoms with E-state index in [2.05, 4.69) is 5.10 Å². The fourth-order valence-electron chi connectivity index (χ4n) is 3.64. The Bertz CT molecular complexity index is 1000. The van der Waals surface area contributed by atoms with Gasteiger partial charge in [0.1, 0.15) is 0 Å². The van der Waals surface area contributed by atoms with E-state index in [0.29, 0.717) is 18.0 Å². The molecule has 0 spiro atoms. The molecular formula is C19H21N3O2S. The molecule has 25 heavy (non-hydrogen) atoms. The fourth-order valence-corrected chi connectivity index (χ4v) is 5.38. The van der Waals surface area contributed by atoms with Crippen LogP contribution in [-0.4, -0.2) is 35.6 Å². The Labute approximate surface area is 147 Å². The summed E-state index contributed by atoms with van der Waals surface area (Å²) in [7, 11) is -1.63. The largest absolute Gasteiger partial charge is 0.276 e. The van der Waals surface area contributed by atoms with Crippen LogP contribution in [0.25, 0.3) is 10.8 Å². The van der Waals surface area contributed by atoms with Gasteiger partial charge in [0.05, 0.1) is 11.1 Å². The van der Waals surface area contributed by atoms with Crippen LogP contribution in [0, 0.1) is 0 Å². The van der Waals surface area contributed by atoms with Crippen LogP contribution in [0.3, 0.4) is 0 Å². The van der Waals surface area contributed by atoms with Crippen LogP contribution in [0.2, 0.25) is 0 Å². The maximum absolute atomic E-state index is 13.3. The zero-order valence-corrected chi connectivity index (χ0v) is 15.0. The first kappa shape index (κ1) is 16.3. The highest BCUT2D eigenvalue weighted by Gasteiger charge is 2.32. The second-order valence-electron chi connectivity index (χ2n) is 6.63. The van der Waals surface area contributed by atoms with Crippen molar-refractivity contribution in [3.8, 4) is 0 Å². The highest BCUT2D eigenvalue weighted by molar-refractivity contribution is 7.89. The lowest BCUT2D eigenvalue weighted by Crippen LogP contribution is -2.39. The van der Waals surface area contributed by atoms with Gasteiger partial charge >= 0.3 is 0 Å². The summed E-state index contributed by atoms with van der Waals surface area (Å²) < 4.78 is 30.0. The van der Waals surface area contributed by atoms with Gasteiger partial charge in [0, 0.05) is 37.6 Å². The van der Waals surface area contributed by atoms with Crippen LogP contribution < -0.4 is 0 Å². The van der Waals surface area contributed by atoms with Gasteiger partial charge in [-0.3, -0.25) is 4.68 Å². The number of fused-ring (bicyclic) bond motifs is 1. The number of nitrogens with zero attached hydrogens (tertiary/aromatic N) is 3. The van der Waals surface area contributed by atoms with Crippen LogP contribution in [0.5, 0.6) is 0 Å². The van der Waals surface area contributed by atoms with Gasteiger partial charge in [-0.25, -0.2) is 8.42 Å². The van der Waals surface area contributed by atoms with E-state index >= 15 is 0 Å². The lowest BCUT2D eigenvalue weighted by Gasteiger charge is -2.31. The Kier molecular flexibility index (Phi) is 4.09. The average Bonchev–Trinajstić information content (AvgIpc) is 3.08. The first-order valence-corrected chi connectivity index (χ1v) is 9.96. The maximum atomic E-state index is 13.3. The summed E-state index contributed by atoms with van der Waals surface area (Å²) in [6, 6.07) is 13.1. The molecule has 1 fully saturated rings. The van der Waals surface area contributed by atoms with E-state index in [9.17, 15) is 8.42 Å². The molecule has 130 valence electrons. The molecule has 2 heterocycles. The van der Waals surface area contributed by atoms with E-state index in [-0.39, 0.29) is 5.92 Å². The summed E-state index contributed by atoms with van der Waals surface area (Å²) in [5.41, 5.74) is 1.11. The number of aromatic nitrogens is 2. The highest BCUT2D eigenvalue weighted by Crippen LogP contribution is 2.32. The molecule has 1 saturated heterocycles. The third kappa shape index (κ3) is 2.96. The smallest absolute Gasteiger partial charge is 0.243 e. The van der Waals surface area contributed by atoms with Crippen LogP contribution in [0.15, 0.2) is 59.8 Å². The van der Waals surface area contributed by atoms with Crippen molar-refractivity contribution < 1.29 is 8.42 Å². The first-order chi connectivity index (χ1) is 12.1. The Morgan fingerprint density at radius 3 is 2.72 bits per heavy atom. The van der Waals surface area contributed by atoms with Gasteiger partial charge in [-0.2, -0.15) is 9.40 Å². The molecule has 1 aliphatic rings. The van der Waals surface area contributed by atoms with Crippen molar-refractivity contribution in [2.75, 3.05) is 13.1 Å². The zero-order chi connectivity index (χ0) is 17.4. The molecule has 1 atom stereocenters. The fraction of sp³-hybridized carbons (Fsp3) is 0.316. The summed E-state index contributed by atoms with van der Waals surface area (Å²) in [6.07, 6.45) is 5.69. The topological polar surface area (TPSA) is 55.2 Å². The molecule has 0 saturated carbocycles. The SMILES string of the molecule is Cn1cc(C2CCCN(S(=O)(=O)c3cccc4ccccc34)C2)cn1. The molecule has 4 rings (SSSR count). The van der Waals surface area contributed by atoms with Gasteiger partial charge in [-0.15, -0.1) is 0 Å². The van der Waals surface area contributed by atoms with Crippen molar-refractivity contribution in [2.24, 2.45) is 7.05 Å². The molecule has 0 aliphatic carbocycles. The Morgan fingerprint density at radius 2 is 1.92 bits per heavy atom. The van der Waals surface area contributed by atoms with Crippen molar-refractivity contribution >= 4 is 20.8 Å². The van der Waals surface area contributed by atoms with E-state index in [1.54, 1.807) is 15.1 Å². The van der Waals surface area contributed by atoms with Gasteiger partial charge in [-0.05, 0) is 29.9 Å². The summed E-state index contributed by atoms with van der Waals surface area (Å²) in [5, 5.41) is 5.96. The van der Waals surface area contributed by atoms with Gasteiger partial charge in [0.25, 0.3) is 0 Å². The molecule has 2 aromatic carbocycles. The van der Waals surface area contributed by atoms with Crippen molar-refractivity contribution in [2.45, 2.75) is 23.7 Å². The molecule has 3 aromatic rings. The van der Waals surface area contributed by atoms with Gasteiger partial charge in [0.15, 0.2) is 0 Å². The first-order valence-electron chi connectivity index (χ1n) is 8.52. The van der Waals surface area contributed by atoms with E-state index in [4.69, 9.17) is 0 Å². The van der Waals surface area contributed by atoms with Crippen LogP contribution in [0.4, 0.5) is 0 Å². The van der Waals surface area contributed by atoms with Crippen molar-refractivity contribution in [1.82, 2.24) is 14.1 Å². The molecular weight excluding hydrogens is 334 g/mol. The average molecular weight is 355 g/mol. The molecule has 5 nitrogen and oxygen atoms in total. The number of benzene rings is 2. The molecule has 1 aliphatic heterocycles. The molecule has 0 bridgehead atoms. The molecule has 0 radical (unpaired) electrons. The summed E-state index contributed by atoms with van der Waals surface area (Å²) in [6.45, 7) is 1.08. The molecule has 6 heteroatoms. The zero-order valence-electron chi connectivity index (χ0n) is 14.2. The number of hydrogen-bond acceptors (Lipinski definition) is 3. The van der Waals surface area contributed by atoms with E-state index in [1.165, 1.54) is 0 Å². The lowest BCUT2D eigenvalue weighted by atomic mass is 9.94. The predicted octanol–water partition coefficient (Wildman–Crippen LogP) is 3.14. The summed E-state index contributed by atoms with van der Waals surface area (Å²) >= 11 is 0. The van der Waals surface area contributed by atoms with Crippen LogP contribution in [0.1, 0.15) is 24.3 Å². The van der Waals surface area contributed by atoms with Crippen LogP contribution in [-0.2, 0) is 17.1 Å². The predicted molar refractivity (Wildman–Crippen MR) is 97.9 cm³/mol. The Balaban J connectivity index is 1.69. The molecule has 0 amide bonds. The number of piperidine rings is 1. The maximum Gasteiger partial charge on any atom is 0.243 e. The second kappa shape index (κ2) is 6.28. The minimum atomic E-state index is -3.52. The number of sulfonamides is 1. The van der Waals surface area contributed by atoms with Gasteiger partial charge in [-0.1, -0.05) is 36.4 Å². The van der Waals surface area contributed by atoms with E-state index < -0.39 is 10.0 Å². The summed E-state index contributed by atoms with van der Waals surface area (Å²) in [4.78, 5) is 0.400. The monoisotopic (exact) mass is 355 g/mol. The van der Waals surface area contributed by atoms with Gasteiger partial charge < -0.3 is 0 Å². The number of aryl methyl sites for hydroxylation is 1. The van der Waals surface area contributed by atoms with Gasteiger partial charge in [0.2, 0.25) is 10.0 Å². The third-order valence-electron chi connectivity index (χ3n) is 4.95. The molecule has 1 aromatic heterocycles. The standard InChI is InChI=1S/C19H21N3O2S/c1-21-13-17(12-20-21)16-8-5-11-22(14-16)25(23,24)19-10-4-7-15-6-2-3-9-18(15)19/h2-4,6-7,9-10,12-13,16H,5,8,11,14H2,1H3. The molecule has 0 N–H and O–H groups in total. The minimum absolute atomic E-state index is 0.201. The van der Waals surface area contributed by atoms with E-state index in [1.807, 2.05) is 55.8 Å². The summed E-state index contributed by atoms with van der Waals surface area (Å²) in [5.74, 6) is 0.201. The normalized spacial score (nSPS) is 19.3. The second-order valence-corrected chi connectivity index (χ2v) is 8.53.